The van der Waals surface area contributed by atoms with E-state index in [4.69, 9.17) is 4.84 Å². The summed E-state index contributed by atoms with van der Waals surface area (Å²) >= 11 is 0. The number of nitro benzene ring substituents is 1. The quantitative estimate of drug-likeness (QED) is 0.363. The SMILES string of the molecule is CCON(CCN1C(=O)c2ccccc2C1=O)S(=O)(=O)c1ccc([N+](=O)[O-])cc1. The first-order chi connectivity index (χ1) is 13.8. The highest BCUT2D eigenvalue weighted by Gasteiger charge is 2.36. The van der Waals surface area contributed by atoms with Gasteiger partial charge < -0.3 is 0 Å². The highest BCUT2D eigenvalue weighted by molar-refractivity contribution is 7.89. The molecule has 2 aromatic carbocycles. The fraction of sp³-hybridized carbons (Fsp3) is 0.222. The molecule has 0 spiro atoms. The average molecular weight is 419 g/mol. The number of carbonyl (C=O) groups is 2. The third-order valence-corrected chi connectivity index (χ3v) is 5.96. The Morgan fingerprint density at radius 2 is 1.59 bits per heavy atom. The van der Waals surface area contributed by atoms with Crippen molar-refractivity contribution in [2.45, 2.75) is 11.8 Å². The summed E-state index contributed by atoms with van der Waals surface area (Å²) in [6, 6.07) is 10.7. The number of benzene rings is 2. The summed E-state index contributed by atoms with van der Waals surface area (Å²) in [5, 5.41) is 10.8. The molecule has 1 aliphatic heterocycles. The van der Waals surface area contributed by atoms with Crippen LogP contribution in [0.25, 0.3) is 0 Å². The third kappa shape index (κ3) is 3.88. The predicted octanol–water partition coefficient (Wildman–Crippen LogP) is 1.83. The Labute approximate surface area is 166 Å². The number of hydrogen-bond acceptors (Lipinski definition) is 7. The minimum atomic E-state index is -4.16. The van der Waals surface area contributed by atoms with E-state index in [-0.39, 0.29) is 41.4 Å². The van der Waals surface area contributed by atoms with Gasteiger partial charge in [0.15, 0.2) is 0 Å². The molecule has 0 bridgehead atoms. The lowest BCUT2D eigenvalue weighted by atomic mass is 10.1. The Morgan fingerprint density at radius 3 is 2.07 bits per heavy atom. The van der Waals surface area contributed by atoms with Gasteiger partial charge in [-0.15, -0.1) is 0 Å². The van der Waals surface area contributed by atoms with E-state index in [0.29, 0.717) is 4.47 Å². The molecule has 0 aromatic heterocycles. The van der Waals surface area contributed by atoms with Crippen LogP contribution >= 0.6 is 0 Å². The van der Waals surface area contributed by atoms with Gasteiger partial charge in [-0.3, -0.25) is 29.4 Å². The lowest BCUT2D eigenvalue weighted by molar-refractivity contribution is -0.384. The van der Waals surface area contributed by atoms with E-state index in [2.05, 4.69) is 0 Å². The smallest absolute Gasteiger partial charge is 0.269 e. The molecular formula is C18H17N3O7S. The monoisotopic (exact) mass is 419 g/mol. The van der Waals surface area contributed by atoms with E-state index in [1.54, 1.807) is 19.1 Å². The summed E-state index contributed by atoms with van der Waals surface area (Å²) < 4.78 is 26.3. The first kappa shape index (κ1) is 20.6. The molecule has 0 fully saturated rings. The fourth-order valence-electron chi connectivity index (χ4n) is 2.88. The summed E-state index contributed by atoms with van der Waals surface area (Å²) in [6.45, 7) is 1.10. The Morgan fingerprint density at radius 1 is 1.03 bits per heavy atom. The summed E-state index contributed by atoms with van der Waals surface area (Å²) in [7, 11) is -4.16. The fourth-order valence-corrected chi connectivity index (χ4v) is 4.16. The molecule has 11 heteroatoms. The van der Waals surface area contributed by atoms with Crippen LogP contribution < -0.4 is 0 Å². The zero-order valence-corrected chi connectivity index (χ0v) is 16.2. The average Bonchev–Trinajstić information content (AvgIpc) is 2.95. The van der Waals surface area contributed by atoms with Crippen LogP contribution in [-0.4, -0.2) is 54.2 Å². The van der Waals surface area contributed by atoms with Gasteiger partial charge in [0.05, 0.1) is 34.1 Å². The van der Waals surface area contributed by atoms with Gasteiger partial charge in [-0.05, 0) is 31.2 Å². The molecule has 0 N–H and O–H groups in total. The van der Waals surface area contributed by atoms with E-state index in [1.165, 1.54) is 12.1 Å². The van der Waals surface area contributed by atoms with Crippen molar-refractivity contribution in [3.05, 3.63) is 69.8 Å². The van der Waals surface area contributed by atoms with Gasteiger partial charge in [-0.25, -0.2) is 8.42 Å². The van der Waals surface area contributed by atoms with E-state index >= 15 is 0 Å². The Kier molecular flexibility index (Phi) is 5.73. The number of nitrogens with zero attached hydrogens (tertiary/aromatic N) is 3. The molecule has 0 saturated carbocycles. The molecule has 2 amide bonds. The van der Waals surface area contributed by atoms with Crippen LogP contribution in [-0.2, 0) is 14.9 Å². The van der Waals surface area contributed by atoms with Crippen molar-refractivity contribution in [2.24, 2.45) is 0 Å². The van der Waals surface area contributed by atoms with E-state index in [9.17, 15) is 28.1 Å². The van der Waals surface area contributed by atoms with Crippen LogP contribution in [0.3, 0.4) is 0 Å². The molecular weight excluding hydrogens is 402 g/mol. The van der Waals surface area contributed by atoms with Gasteiger partial charge in [0.25, 0.3) is 27.5 Å². The molecule has 1 aliphatic rings. The van der Waals surface area contributed by atoms with Gasteiger partial charge in [0, 0.05) is 18.7 Å². The number of sulfonamides is 1. The summed E-state index contributed by atoms with van der Waals surface area (Å²) in [6.07, 6.45) is 0. The van der Waals surface area contributed by atoms with E-state index in [0.717, 1.165) is 29.2 Å². The zero-order valence-electron chi connectivity index (χ0n) is 15.3. The number of amides is 2. The first-order valence-electron chi connectivity index (χ1n) is 8.62. The van der Waals surface area contributed by atoms with Gasteiger partial charge >= 0.3 is 0 Å². The Bertz CT molecular complexity index is 1030. The van der Waals surface area contributed by atoms with Crippen molar-refractivity contribution in [1.82, 2.24) is 9.37 Å². The second-order valence-corrected chi connectivity index (χ2v) is 7.84. The molecule has 0 radical (unpaired) electrons. The molecule has 152 valence electrons. The van der Waals surface area contributed by atoms with Crippen LogP contribution in [0.1, 0.15) is 27.6 Å². The van der Waals surface area contributed by atoms with Crippen molar-refractivity contribution >= 4 is 27.5 Å². The second-order valence-electron chi connectivity index (χ2n) is 6.01. The molecule has 1 heterocycles. The molecule has 0 saturated heterocycles. The summed E-state index contributed by atoms with van der Waals surface area (Å²) in [5.74, 6) is -1.01. The van der Waals surface area contributed by atoms with Gasteiger partial charge in [0.1, 0.15) is 0 Å². The van der Waals surface area contributed by atoms with Crippen LogP contribution in [0.2, 0.25) is 0 Å². The maximum absolute atomic E-state index is 12.8. The zero-order chi connectivity index (χ0) is 21.2. The molecule has 0 atom stereocenters. The largest absolute Gasteiger partial charge is 0.284 e. The minimum Gasteiger partial charge on any atom is -0.284 e. The van der Waals surface area contributed by atoms with Crippen molar-refractivity contribution in [3.8, 4) is 0 Å². The third-order valence-electron chi connectivity index (χ3n) is 4.27. The van der Waals surface area contributed by atoms with Gasteiger partial charge in [-0.2, -0.15) is 0 Å². The molecule has 10 nitrogen and oxygen atoms in total. The molecule has 29 heavy (non-hydrogen) atoms. The van der Waals surface area contributed by atoms with Gasteiger partial charge in [0.2, 0.25) is 0 Å². The van der Waals surface area contributed by atoms with Crippen molar-refractivity contribution < 1.29 is 27.8 Å². The maximum Gasteiger partial charge on any atom is 0.269 e. The first-order valence-corrected chi connectivity index (χ1v) is 10.1. The number of fused-ring (bicyclic) bond motifs is 1. The van der Waals surface area contributed by atoms with Crippen LogP contribution in [0.5, 0.6) is 0 Å². The Hall–Kier alpha value is -3.15. The number of imide groups is 1. The lowest BCUT2D eigenvalue weighted by Gasteiger charge is -2.23. The van der Waals surface area contributed by atoms with E-state index in [1.807, 2.05) is 0 Å². The summed E-state index contributed by atoms with van der Waals surface area (Å²) in [5.41, 5.74) is 0.273. The van der Waals surface area contributed by atoms with Crippen LogP contribution in [0.15, 0.2) is 53.4 Å². The van der Waals surface area contributed by atoms with E-state index < -0.39 is 26.8 Å². The minimum absolute atomic E-state index is 0.0222. The maximum atomic E-state index is 12.8. The van der Waals surface area contributed by atoms with Crippen molar-refractivity contribution in [1.29, 1.82) is 0 Å². The number of non-ortho nitro benzene ring substituents is 1. The van der Waals surface area contributed by atoms with Crippen molar-refractivity contribution in [3.63, 3.8) is 0 Å². The van der Waals surface area contributed by atoms with Gasteiger partial charge in [-0.1, -0.05) is 16.6 Å². The highest BCUT2D eigenvalue weighted by atomic mass is 32.2. The number of carbonyl (C=O) groups excluding carboxylic acids is 2. The van der Waals surface area contributed by atoms with Crippen LogP contribution in [0, 0.1) is 10.1 Å². The lowest BCUT2D eigenvalue weighted by Crippen LogP contribution is -2.40. The summed E-state index contributed by atoms with van der Waals surface area (Å²) in [4.78, 5) is 40.9. The highest BCUT2D eigenvalue weighted by Crippen LogP contribution is 2.24. The Balaban J connectivity index is 1.79. The van der Waals surface area contributed by atoms with Crippen molar-refractivity contribution in [2.75, 3.05) is 19.7 Å². The number of hydroxylamine groups is 1. The molecule has 2 aromatic rings. The predicted molar refractivity (Wildman–Crippen MR) is 100 cm³/mol. The number of rotatable bonds is 8. The molecule has 0 aliphatic carbocycles. The topological polar surface area (TPSA) is 127 Å². The standard InChI is InChI=1S/C18H17N3O7S/c1-2-28-20(29(26,27)14-9-7-13(8-10-14)21(24)25)12-11-19-17(22)15-5-3-4-6-16(15)18(19)23/h3-10H,2,11-12H2,1H3. The second kappa shape index (κ2) is 8.07. The normalized spacial score (nSPS) is 13.8. The molecule has 3 rings (SSSR count). The van der Waals surface area contributed by atoms with Crippen LogP contribution in [0.4, 0.5) is 5.69 Å². The number of hydrogen-bond donors (Lipinski definition) is 0. The molecule has 0 unspecified atom stereocenters. The number of nitro groups is 1.